The van der Waals surface area contributed by atoms with Crippen LogP contribution in [0.2, 0.25) is 0 Å². The van der Waals surface area contributed by atoms with Crippen molar-refractivity contribution in [3.05, 3.63) is 47.5 Å². The molecule has 0 saturated carbocycles. The molecule has 2 aromatic rings. The standard InChI is InChI=1S/2C9H12NO2.2BrH.2Pd/c2*1-11-8-4-3-7(6-10)9(5-8)12-2;;;;/h2*4-5H,6,10H2,1-2H3;2*1H;;/q2*-1;;;2*+2/p-2. The molecule has 0 saturated heterocycles. The predicted molar refractivity (Wildman–Crippen MR) is 110 cm³/mol. The Morgan fingerprint density at radius 1 is 0.714 bits per heavy atom. The molecule has 0 spiro atoms. The van der Waals surface area contributed by atoms with Gasteiger partial charge < -0.3 is 30.4 Å². The van der Waals surface area contributed by atoms with Crippen LogP contribution in [0.5, 0.6) is 23.0 Å². The van der Waals surface area contributed by atoms with Crippen LogP contribution in [0.25, 0.3) is 0 Å². The monoisotopic (exact) mass is 702 g/mol. The zero-order valence-corrected chi connectivity index (χ0v) is 22.2. The Kier molecular flexibility index (Phi) is 21.6. The van der Waals surface area contributed by atoms with Crippen molar-refractivity contribution >= 4 is 26.9 Å². The van der Waals surface area contributed by atoms with Crippen LogP contribution in [-0.2, 0) is 47.5 Å². The first-order valence-electron chi connectivity index (χ1n) is 7.52. The third kappa shape index (κ3) is 11.1. The molecule has 164 valence electrons. The molecule has 0 aliphatic carbocycles. The third-order valence-electron chi connectivity index (χ3n) is 3.24. The summed E-state index contributed by atoms with van der Waals surface area (Å²) in [6, 6.07) is 13.0. The van der Waals surface area contributed by atoms with Crippen molar-refractivity contribution in [2.45, 2.75) is 13.1 Å². The number of methoxy groups -OCH3 is 4. The van der Waals surface area contributed by atoms with Crippen LogP contribution in [0.4, 0.5) is 0 Å². The van der Waals surface area contributed by atoms with Crippen LogP contribution in [0.15, 0.2) is 24.3 Å². The maximum atomic E-state index is 5.47. The molecule has 0 aliphatic rings. The SMILES string of the molecule is COc1c[c-]c(CN)c(OC)c1.COc1c[c-]c(CN)c(OC)c1.[Br][Pd+].[Br][Pd+]. The molecule has 28 heavy (non-hydrogen) atoms. The summed E-state index contributed by atoms with van der Waals surface area (Å²) in [6.45, 7) is 0.848. The van der Waals surface area contributed by atoms with Crippen molar-refractivity contribution in [1.29, 1.82) is 0 Å². The molecule has 0 aromatic heterocycles. The molecule has 0 heterocycles. The van der Waals surface area contributed by atoms with Crippen LogP contribution in [0.1, 0.15) is 11.1 Å². The van der Waals surface area contributed by atoms with Crippen LogP contribution in [0, 0.1) is 12.1 Å². The number of hydrogen-bond acceptors (Lipinski definition) is 6. The predicted octanol–water partition coefficient (Wildman–Crippen LogP) is 3.61. The zero-order chi connectivity index (χ0) is 21.9. The van der Waals surface area contributed by atoms with E-state index >= 15 is 0 Å². The fraction of sp³-hybridized carbons (Fsp3) is 0.333. The summed E-state index contributed by atoms with van der Waals surface area (Å²) in [6.07, 6.45) is 0. The Morgan fingerprint density at radius 2 is 1.04 bits per heavy atom. The molecule has 10 heteroatoms. The minimum absolute atomic E-state index is 0.424. The van der Waals surface area contributed by atoms with Crippen molar-refractivity contribution in [1.82, 2.24) is 0 Å². The second-order valence-electron chi connectivity index (χ2n) is 4.58. The van der Waals surface area contributed by atoms with Crippen molar-refractivity contribution in [2.75, 3.05) is 28.4 Å². The van der Waals surface area contributed by atoms with Crippen molar-refractivity contribution in [2.24, 2.45) is 11.5 Å². The zero-order valence-electron chi connectivity index (χ0n) is 15.9. The summed E-state index contributed by atoms with van der Waals surface area (Å²) >= 11 is 10.7. The van der Waals surface area contributed by atoms with Gasteiger partial charge in [0.25, 0.3) is 0 Å². The van der Waals surface area contributed by atoms with Crippen molar-refractivity contribution in [3.63, 3.8) is 0 Å². The van der Waals surface area contributed by atoms with Gasteiger partial charge in [-0.3, -0.25) is 0 Å². The van der Waals surface area contributed by atoms with Crippen molar-refractivity contribution < 1.29 is 53.3 Å². The topological polar surface area (TPSA) is 89.0 Å². The average molecular weight is 705 g/mol. The number of rotatable bonds is 6. The van der Waals surface area contributed by atoms with Gasteiger partial charge in [0.05, 0.1) is 28.4 Å². The molecule has 2 rings (SSSR count). The average Bonchev–Trinajstić information content (AvgIpc) is 2.80. The molecule has 0 aliphatic heterocycles. The van der Waals surface area contributed by atoms with E-state index in [0.29, 0.717) is 13.1 Å². The Morgan fingerprint density at radius 3 is 1.25 bits per heavy atom. The molecule has 0 atom stereocenters. The number of hydrogen-bond donors (Lipinski definition) is 2. The van der Waals surface area contributed by atoms with E-state index in [-0.39, 0.29) is 0 Å². The molecule has 4 N–H and O–H groups in total. The first kappa shape index (κ1) is 30.0. The fourth-order valence-corrected chi connectivity index (χ4v) is 1.89. The first-order chi connectivity index (χ1) is 13.6. The van der Waals surface area contributed by atoms with Gasteiger partial charge in [-0.05, 0) is 13.1 Å². The molecule has 0 radical (unpaired) electrons. The second-order valence-corrected chi connectivity index (χ2v) is 4.58. The van der Waals surface area contributed by atoms with Gasteiger partial charge in [0.2, 0.25) is 0 Å². The van der Waals surface area contributed by atoms with E-state index < -0.39 is 0 Å². The van der Waals surface area contributed by atoms with Gasteiger partial charge in [-0.25, -0.2) is 0 Å². The molecule has 2 aromatic carbocycles. The Balaban J connectivity index is 0. The van der Waals surface area contributed by atoms with E-state index in [2.05, 4.69) is 73.4 Å². The Hall–Kier alpha value is -0.155. The van der Waals surface area contributed by atoms with Gasteiger partial charge in [0, 0.05) is 23.0 Å². The van der Waals surface area contributed by atoms with Gasteiger partial charge in [-0.15, -0.1) is 23.3 Å². The Labute approximate surface area is 202 Å². The number of ether oxygens (including phenoxy) is 4. The summed E-state index contributed by atoms with van der Waals surface area (Å²) in [4.78, 5) is 0. The van der Waals surface area contributed by atoms with Crippen LogP contribution in [0.3, 0.4) is 0 Å². The summed E-state index contributed by atoms with van der Waals surface area (Å²) < 4.78 is 20.2. The molecular weight excluding hydrogens is 681 g/mol. The van der Waals surface area contributed by atoms with E-state index in [0.717, 1.165) is 34.1 Å². The van der Waals surface area contributed by atoms with E-state index in [1.54, 1.807) is 52.7 Å². The number of nitrogens with two attached hydrogens (primary N) is 2. The van der Waals surface area contributed by atoms with Crippen LogP contribution in [-0.4, -0.2) is 28.4 Å². The molecule has 6 nitrogen and oxygen atoms in total. The number of benzene rings is 2. The summed E-state index contributed by atoms with van der Waals surface area (Å²) in [5, 5.41) is 0. The summed E-state index contributed by atoms with van der Waals surface area (Å²) in [7, 11) is 6.40. The van der Waals surface area contributed by atoms with E-state index in [1.807, 2.05) is 0 Å². The fourth-order valence-electron chi connectivity index (χ4n) is 1.89. The Bertz CT molecular complexity index is 597. The van der Waals surface area contributed by atoms with Gasteiger partial charge in [-0.2, -0.15) is 12.1 Å². The molecule has 0 fully saturated rings. The maximum absolute atomic E-state index is 5.47. The molecule has 0 unspecified atom stereocenters. The quantitative estimate of drug-likeness (QED) is 0.353. The third-order valence-corrected chi connectivity index (χ3v) is 3.24. The van der Waals surface area contributed by atoms with Crippen LogP contribution < -0.4 is 30.4 Å². The van der Waals surface area contributed by atoms with Gasteiger partial charge in [0.1, 0.15) is 0 Å². The van der Waals surface area contributed by atoms with Crippen LogP contribution >= 0.6 is 26.9 Å². The van der Waals surface area contributed by atoms with E-state index in [4.69, 9.17) is 30.4 Å². The van der Waals surface area contributed by atoms with Gasteiger partial charge in [-0.1, -0.05) is 12.1 Å². The van der Waals surface area contributed by atoms with E-state index in [1.165, 1.54) is 0 Å². The molecule has 0 bridgehead atoms. The first-order valence-corrected chi connectivity index (χ1v) is 14.6. The summed E-state index contributed by atoms with van der Waals surface area (Å²) in [5.74, 6) is 2.89. The summed E-state index contributed by atoms with van der Waals surface area (Å²) in [5.41, 5.74) is 12.7. The molecular formula is C18H24Br2N2O4Pd2. The normalized spacial score (nSPS) is 8.71. The van der Waals surface area contributed by atoms with Gasteiger partial charge >= 0.3 is 61.2 Å². The molecule has 0 amide bonds. The minimum atomic E-state index is 0.424. The van der Waals surface area contributed by atoms with Crippen molar-refractivity contribution in [3.8, 4) is 23.0 Å². The van der Waals surface area contributed by atoms with E-state index in [9.17, 15) is 0 Å². The second kappa shape index (κ2) is 20.1. The van der Waals surface area contributed by atoms with Gasteiger partial charge in [0.15, 0.2) is 0 Å². The number of halogens is 2.